The Bertz CT molecular complexity index is 431. The number of carboxylic acids is 1. The predicted molar refractivity (Wildman–Crippen MR) is 72.6 cm³/mol. The van der Waals surface area contributed by atoms with Gasteiger partial charge in [-0.2, -0.15) is 0 Å². The molecule has 1 atom stereocenters. The van der Waals surface area contributed by atoms with Gasteiger partial charge in [-0.05, 0) is 23.6 Å². The third-order valence-corrected chi connectivity index (χ3v) is 2.91. The molecule has 2 N–H and O–H groups in total. The highest BCUT2D eigenvalue weighted by Gasteiger charge is 2.20. The molecule has 0 aromatic heterocycles. The van der Waals surface area contributed by atoms with Crippen molar-refractivity contribution in [3.8, 4) is 11.5 Å². The van der Waals surface area contributed by atoms with Gasteiger partial charge < -0.3 is 19.9 Å². The summed E-state index contributed by atoms with van der Waals surface area (Å²) in [5.74, 6) is 0.483. The second-order valence-electron chi connectivity index (χ2n) is 4.63. The Labute approximate surface area is 113 Å². The number of ether oxygens (including phenoxy) is 2. The number of aliphatic carboxylic acids is 1. The molecule has 1 aromatic carbocycles. The van der Waals surface area contributed by atoms with E-state index < -0.39 is 12.0 Å². The maximum atomic E-state index is 11.1. The number of nitrogens with one attached hydrogen (secondary N) is 1. The Kier molecular flexibility index (Phi) is 5.63. The molecular formula is C14H21NO4. The zero-order valence-electron chi connectivity index (χ0n) is 11.8. The van der Waals surface area contributed by atoms with Gasteiger partial charge in [-0.25, -0.2) is 0 Å². The zero-order chi connectivity index (χ0) is 14.4. The first-order valence-electron chi connectivity index (χ1n) is 6.16. The molecule has 0 fully saturated rings. The second-order valence-corrected chi connectivity index (χ2v) is 4.63. The largest absolute Gasteiger partial charge is 0.493 e. The van der Waals surface area contributed by atoms with Crippen LogP contribution in [0.3, 0.4) is 0 Å². The summed E-state index contributed by atoms with van der Waals surface area (Å²) in [7, 11) is 3.15. The summed E-state index contributed by atoms with van der Waals surface area (Å²) in [6, 6.07) is 4.97. The summed E-state index contributed by atoms with van der Waals surface area (Å²) in [4.78, 5) is 11.1. The molecule has 0 heterocycles. The maximum Gasteiger partial charge on any atom is 0.320 e. The van der Waals surface area contributed by atoms with Gasteiger partial charge in [0.2, 0.25) is 0 Å². The second kappa shape index (κ2) is 6.99. The van der Waals surface area contributed by atoms with Crippen LogP contribution in [0.5, 0.6) is 11.5 Å². The molecule has 0 unspecified atom stereocenters. The van der Waals surface area contributed by atoms with Crippen LogP contribution in [0.2, 0.25) is 0 Å². The number of carboxylic acid groups (broad SMARTS) is 1. The summed E-state index contributed by atoms with van der Waals surface area (Å²) < 4.78 is 10.4. The summed E-state index contributed by atoms with van der Waals surface area (Å²) in [5, 5.41) is 12.1. The molecule has 0 aliphatic carbocycles. The fraction of sp³-hybridized carbons (Fsp3) is 0.500. The van der Waals surface area contributed by atoms with Gasteiger partial charge in [0, 0.05) is 6.54 Å². The van der Waals surface area contributed by atoms with Gasteiger partial charge in [0.05, 0.1) is 14.2 Å². The Morgan fingerprint density at radius 3 is 2.37 bits per heavy atom. The Hall–Kier alpha value is -1.75. The van der Waals surface area contributed by atoms with Gasteiger partial charge in [-0.3, -0.25) is 4.79 Å². The number of hydrogen-bond donors (Lipinski definition) is 2. The van der Waals surface area contributed by atoms with Crippen LogP contribution in [0, 0.1) is 5.92 Å². The molecule has 1 aromatic rings. The van der Waals surface area contributed by atoms with Crippen LogP contribution >= 0.6 is 0 Å². The lowest BCUT2D eigenvalue weighted by Crippen LogP contribution is -2.40. The van der Waals surface area contributed by atoms with Gasteiger partial charge in [0.1, 0.15) is 6.04 Å². The van der Waals surface area contributed by atoms with E-state index in [0.717, 1.165) is 5.56 Å². The lowest BCUT2D eigenvalue weighted by molar-refractivity contribution is -0.140. The number of rotatable bonds is 7. The van der Waals surface area contributed by atoms with Crippen molar-refractivity contribution in [2.24, 2.45) is 5.92 Å². The SMILES string of the molecule is COc1ccc(CN[C@@H](C(=O)O)C(C)C)cc1OC. The summed E-state index contributed by atoms with van der Waals surface area (Å²) in [6.07, 6.45) is 0. The third-order valence-electron chi connectivity index (χ3n) is 2.91. The first kappa shape index (κ1) is 15.3. The van der Waals surface area contributed by atoms with Crippen LogP contribution in [0.4, 0.5) is 0 Å². The zero-order valence-corrected chi connectivity index (χ0v) is 11.8. The lowest BCUT2D eigenvalue weighted by atomic mass is 10.0. The van der Waals surface area contributed by atoms with E-state index in [9.17, 15) is 4.79 Å². The van der Waals surface area contributed by atoms with Crippen molar-refractivity contribution < 1.29 is 19.4 Å². The molecule has 0 aliphatic rings. The van der Waals surface area contributed by atoms with E-state index in [2.05, 4.69) is 5.32 Å². The molecule has 1 rings (SSSR count). The minimum absolute atomic E-state index is 0.0256. The summed E-state index contributed by atoms with van der Waals surface area (Å²) in [6.45, 7) is 4.22. The van der Waals surface area contributed by atoms with Crippen LogP contribution < -0.4 is 14.8 Å². The van der Waals surface area contributed by atoms with E-state index in [4.69, 9.17) is 14.6 Å². The van der Waals surface area contributed by atoms with Gasteiger partial charge in [-0.15, -0.1) is 0 Å². The van der Waals surface area contributed by atoms with Gasteiger partial charge >= 0.3 is 5.97 Å². The standard InChI is InChI=1S/C14H21NO4/c1-9(2)13(14(16)17)15-8-10-5-6-11(18-3)12(7-10)19-4/h5-7,9,13,15H,8H2,1-4H3,(H,16,17)/t13-/m1/s1. The van der Waals surface area contributed by atoms with Crippen LogP contribution in [-0.2, 0) is 11.3 Å². The topological polar surface area (TPSA) is 67.8 Å². The molecule has 0 aliphatic heterocycles. The first-order valence-corrected chi connectivity index (χ1v) is 6.16. The highest BCUT2D eigenvalue weighted by atomic mass is 16.5. The van der Waals surface area contributed by atoms with E-state index in [1.165, 1.54) is 0 Å². The van der Waals surface area contributed by atoms with Crippen LogP contribution in [0.1, 0.15) is 19.4 Å². The van der Waals surface area contributed by atoms with Crippen molar-refractivity contribution >= 4 is 5.97 Å². The van der Waals surface area contributed by atoms with E-state index in [1.807, 2.05) is 26.0 Å². The van der Waals surface area contributed by atoms with Gasteiger partial charge in [0.15, 0.2) is 11.5 Å². The Balaban J connectivity index is 2.74. The highest BCUT2D eigenvalue weighted by Crippen LogP contribution is 2.27. The minimum Gasteiger partial charge on any atom is -0.493 e. The third kappa shape index (κ3) is 4.13. The van der Waals surface area contributed by atoms with E-state index in [-0.39, 0.29) is 5.92 Å². The maximum absolute atomic E-state index is 11.1. The quantitative estimate of drug-likeness (QED) is 0.789. The minimum atomic E-state index is -0.838. The Morgan fingerprint density at radius 2 is 1.89 bits per heavy atom. The molecule has 19 heavy (non-hydrogen) atoms. The normalized spacial score (nSPS) is 12.3. The molecule has 0 bridgehead atoms. The molecular weight excluding hydrogens is 246 g/mol. The number of carbonyl (C=O) groups is 1. The molecule has 0 saturated heterocycles. The van der Waals surface area contributed by atoms with Gasteiger partial charge in [0.25, 0.3) is 0 Å². The van der Waals surface area contributed by atoms with Crippen molar-refractivity contribution in [3.63, 3.8) is 0 Å². The molecule has 0 saturated carbocycles. The molecule has 5 nitrogen and oxygen atoms in total. The smallest absolute Gasteiger partial charge is 0.320 e. The van der Waals surface area contributed by atoms with E-state index in [0.29, 0.717) is 18.0 Å². The van der Waals surface area contributed by atoms with Crippen molar-refractivity contribution in [2.45, 2.75) is 26.4 Å². The summed E-state index contributed by atoms with van der Waals surface area (Å²) >= 11 is 0. The highest BCUT2D eigenvalue weighted by molar-refractivity contribution is 5.73. The molecule has 5 heteroatoms. The van der Waals surface area contributed by atoms with Crippen molar-refractivity contribution in [2.75, 3.05) is 14.2 Å². The fourth-order valence-corrected chi connectivity index (χ4v) is 1.83. The summed E-state index contributed by atoms with van der Waals surface area (Å²) in [5.41, 5.74) is 0.949. The van der Waals surface area contributed by atoms with Crippen molar-refractivity contribution in [3.05, 3.63) is 23.8 Å². The van der Waals surface area contributed by atoms with Crippen molar-refractivity contribution in [1.82, 2.24) is 5.32 Å². The average Bonchev–Trinajstić information content (AvgIpc) is 2.37. The molecule has 0 radical (unpaired) electrons. The fourth-order valence-electron chi connectivity index (χ4n) is 1.83. The number of hydrogen-bond acceptors (Lipinski definition) is 4. The number of benzene rings is 1. The predicted octanol–water partition coefficient (Wildman–Crippen LogP) is 1.90. The van der Waals surface area contributed by atoms with Crippen LogP contribution in [-0.4, -0.2) is 31.3 Å². The Morgan fingerprint density at radius 1 is 1.26 bits per heavy atom. The van der Waals surface area contributed by atoms with E-state index >= 15 is 0 Å². The van der Waals surface area contributed by atoms with Crippen LogP contribution in [0.25, 0.3) is 0 Å². The van der Waals surface area contributed by atoms with Crippen molar-refractivity contribution in [1.29, 1.82) is 0 Å². The van der Waals surface area contributed by atoms with Crippen LogP contribution in [0.15, 0.2) is 18.2 Å². The molecule has 0 spiro atoms. The molecule has 106 valence electrons. The first-order chi connectivity index (χ1) is 8.99. The molecule has 0 amide bonds. The van der Waals surface area contributed by atoms with Gasteiger partial charge in [-0.1, -0.05) is 19.9 Å². The lowest BCUT2D eigenvalue weighted by Gasteiger charge is -2.18. The monoisotopic (exact) mass is 267 g/mol. The average molecular weight is 267 g/mol. The number of methoxy groups -OCH3 is 2. The van der Waals surface area contributed by atoms with E-state index in [1.54, 1.807) is 20.3 Å².